The third kappa shape index (κ3) is 3.57. The molecule has 4 nitrogen and oxygen atoms in total. The first kappa shape index (κ1) is 14.1. The van der Waals surface area contributed by atoms with Crippen LogP contribution in [0.15, 0.2) is 52.2 Å². The second-order valence-electron chi connectivity index (χ2n) is 4.56. The Morgan fingerprint density at radius 3 is 2.60 bits per heavy atom. The van der Waals surface area contributed by atoms with Crippen LogP contribution in [0.4, 0.5) is 0 Å². The Hall–Kier alpha value is -2.36. The monoisotopic (exact) mass is 270 g/mol. The van der Waals surface area contributed by atoms with Crippen LogP contribution in [0.3, 0.4) is 0 Å². The first-order valence-corrected chi connectivity index (χ1v) is 6.68. The summed E-state index contributed by atoms with van der Waals surface area (Å²) in [6.07, 6.45) is 3.66. The van der Waals surface area contributed by atoms with Crippen molar-refractivity contribution in [2.45, 2.75) is 26.7 Å². The maximum absolute atomic E-state index is 11.7. The maximum atomic E-state index is 11.7. The van der Waals surface area contributed by atoms with Crippen molar-refractivity contribution in [2.24, 2.45) is 5.10 Å². The average molecular weight is 270 g/mol. The Labute approximate surface area is 118 Å². The molecular weight excluding hydrogens is 252 g/mol. The van der Waals surface area contributed by atoms with Gasteiger partial charge < -0.3 is 4.42 Å². The lowest BCUT2D eigenvalue weighted by Gasteiger charge is -2.03. The molecule has 0 aliphatic heterocycles. The fourth-order valence-corrected chi connectivity index (χ4v) is 1.86. The highest BCUT2D eigenvalue weighted by atomic mass is 16.3. The number of aryl methyl sites for hydroxylation is 1. The predicted octanol–water partition coefficient (Wildman–Crippen LogP) is 3.39. The minimum atomic E-state index is -0.350. The SMILES string of the molecule is CCCc1ccc(/C(C)=N\NC(=O)c2ccco2)cc1. The van der Waals surface area contributed by atoms with E-state index in [1.807, 2.05) is 19.1 Å². The summed E-state index contributed by atoms with van der Waals surface area (Å²) < 4.78 is 4.99. The van der Waals surface area contributed by atoms with Crippen LogP contribution in [-0.4, -0.2) is 11.6 Å². The van der Waals surface area contributed by atoms with Gasteiger partial charge in [-0.1, -0.05) is 37.6 Å². The van der Waals surface area contributed by atoms with E-state index in [2.05, 4.69) is 29.6 Å². The number of nitrogens with zero attached hydrogens (tertiary/aromatic N) is 1. The van der Waals surface area contributed by atoms with E-state index in [4.69, 9.17) is 4.42 Å². The smallest absolute Gasteiger partial charge is 0.307 e. The molecule has 2 rings (SSSR count). The van der Waals surface area contributed by atoms with Gasteiger partial charge in [0.1, 0.15) is 0 Å². The van der Waals surface area contributed by atoms with Gasteiger partial charge in [0.2, 0.25) is 0 Å². The summed E-state index contributed by atoms with van der Waals surface area (Å²) in [6, 6.07) is 11.5. The summed E-state index contributed by atoms with van der Waals surface area (Å²) >= 11 is 0. The highest BCUT2D eigenvalue weighted by molar-refractivity contribution is 6.00. The Balaban J connectivity index is 2.01. The van der Waals surface area contributed by atoms with Gasteiger partial charge in [-0.15, -0.1) is 0 Å². The molecule has 2 aromatic rings. The number of nitrogens with one attached hydrogen (secondary N) is 1. The molecule has 0 bridgehead atoms. The van der Waals surface area contributed by atoms with Crippen LogP contribution in [0.1, 0.15) is 41.9 Å². The Morgan fingerprint density at radius 2 is 2.00 bits per heavy atom. The van der Waals surface area contributed by atoms with E-state index >= 15 is 0 Å². The minimum Gasteiger partial charge on any atom is -0.459 e. The molecule has 0 atom stereocenters. The van der Waals surface area contributed by atoms with E-state index in [1.54, 1.807) is 12.1 Å². The molecule has 20 heavy (non-hydrogen) atoms. The van der Waals surface area contributed by atoms with Crippen LogP contribution in [0.25, 0.3) is 0 Å². The third-order valence-corrected chi connectivity index (χ3v) is 2.98. The molecule has 1 amide bonds. The van der Waals surface area contributed by atoms with Gasteiger partial charge in [-0.05, 0) is 36.6 Å². The van der Waals surface area contributed by atoms with Crippen molar-refractivity contribution in [1.29, 1.82) is 0 Å². The van der Waals surface area contributed by atoms with Crippen molar-refractivity contribution in [3.63, 3.8) is 0 Å². The molecule has 0 aliphatic carbocycles. The fourth-order valence-electron chi connectivity index (χ4n) is 1.86. The lowest BCUT2D eigenvalue weighted by atomic mass is 10.1. The van der Waals surface area contributed by atoms with Gasteiger partial charge in [0.05, 0.1) is 12.0 Å². The van der Waals surface area contributed by atoms with E-state index < -0.39 is 0 Å². The van der Waals surface area contributed by atoms with E-state index in [0.717, 1.165) is 24.1 Å². The number of furan rings is 1. The van der Waals surface area contributed by atoms with Crippen molar-refractivity contribution in [3.05, 3.63) is 59.5 Å². The highest BCUT2D eigenvalue weighted by Crippen LogP contribution is 2.08. The van der Waals surface area contributed by atoms with Crippen molar-refractivity contribution in [3.8, 4) is 0 Å². The van der Waals surface area contributed by atoms with Gasteiger partial charge in [0, 0.05) is 0 Å². The molecule has 1 heterocycles. The maximum Gasteiger partial charge on any atom is 0.307 e. The van der Waals surface area contributed by atoms with Crippen LogP contribution >= 0.6 is 0 Å². The molecule has 4 heteroatoms. The van der Waals surface area contributed by atoms with Crippen LogP contribution in [-0.2, 0) is 6.42 Å². The van der Waals surface area contributed by atoms with Gasteiger partial charge in [0.15, 0.2) is 5.76 Å². The summed E-state index contributed by atoms with van der Waals surface area (Å²) in [5.41, 5.74) is 5.54. The topological polar surface area (TPSA) is 54.6 Å². The molecule has 1 aromatic carbocycles. The Morgan fingerprint density at radius 1 is 1.25 bits per heavy atom. The third-order valence-electron chi connectivity index (χ3n) is 2.98. The van der Waals surface area contributed by atoms with Gasteiger partial charge >= 0.3 is 5.91 Å². The first-order valence-electron chi connectivity index (χ1n) is 6.68. The van der Waals surface area contributed by atoms with E-state index in [1.165, 1.54) is 11.8 Å². The number of carbonyl (C=O) groups is 1. The molecule has 104 valence electrons. The molecule has 0 saturated heterocycles. The second-order valence-corrected chi connectivity index (χ2v) is 4.56. The highest BCUT2D eigenvalue weighted by Gasteiger charge is 2.07. The summed E-state index contributed by atoms with van der Waals surface area (Å²) in [7, 11) is 0. The molecule has 1 aromatic heterocycles. The molecule has 0 spiro atoms. The summed E-state index contributed by atoms with van der Waals surface area (Å²) in [5, 5.41) is 4.08. The van der Waals surface area contributed by atoms with Crippen LogP contribution in [0.2, 0.25) is 0 Å². The van der Waals surface area contributed by atoms with Crippen molar-refractivity contribution in [2.75, 3.05) is 0 Å². The summed E-state index contributed by atoms with van der Waals surface area (Å²) in [4.78, 5) is 11.7. The Kier molecular flexibility index (Phi) is 4.71. The molecule has 0 aliphatic rings. The summed E-state index contributed by atoms with van der Waals surface area (Å²) in [6.45, 7) is 4.02. The molecular formula is C16H18N2O2. The van der Waals surface area contributed by atoms with Crippen LogP contribution < -0.4 is 5.43 Å². The molecule has 1 N–H and O–H groups in total. The number of hydrazone groups is 1. The molecule has 0 radical (unpaired) electrons. The standard InChI is InChI=1S/C16H18N2O2/c1-3-5-13-7-9-14(10-8-13)12(2)17-18-16(19)15-6-4-11-20-15/h4,6-11H,3,5H2,1-2H3,(H,18,19)/b17-12-. The van der Waals surface area contributed by atoms with Gasteiger partial charge in [-0.3, -0.25) is 4.79 Å². The zero-order chi connectivity index (χ0) is 14.4. The molecule has 0 unspecified atom stereocenters. The van der Waals surface area contributed by atoms with Crippen molar-refractivity contribution >= 4 is 11.6 Å². The van der Waals surface area contributed by atoms with Crippen LogP contribution in [0, 0.1) is 0 Å². The number of rotatable bonds is 5. The normalized spacial score (nSPS) is 11.4. The number of amides is 1. The van der Waals surface area contributed by atoms with E-state index in [-0.39, 0.29) is 11.7 Å². The predicted molar refractivity (Wildman–Crippen MR) is 78.8 cm³/mol. The van der Waals surface area contributed by atoms with Crippen molar-refractivity contribution < 1.29 is 9.21 Å². The number of hydrogen-bond donors (Lipinski definition) is 1. The lowest BCUT2D eigenvalue weighted by Crippen LogP contribution is -2.18. The van der Waals surface area contributed by atoms with Gasteiger partial charge in [-0.2, -0.15) is 5.10 Å². The average Bonchev–Trinajstić information content (AvgIpc) is 3.00. The van der Waals surface area contributed by atoms with Gasteiger partial charge in [-0.25, -0.2) is 5.43 Å². The Bertz CT molecular complexity index is 583. The molecule has 0 saturated carbocycles. The first-order chi connectivity index (χ1) is 9.70. The quantitative estimate of drug-likeness (QED) is 0.669. The van der Waals surface area contributed by atoms with Crippen molar-refractivity contribution in [1.82, 2.24) is 5.43 Å². The summed E-state index contributed by atoms with van der Waals surface area (Å²) in [5.74, 6) is -0.100. The number of benzene rings is 1. The minimum absolute atomic E-state index is 0.250. The second kappa shape index (κ2) is 6.70. The van der Waals surface area contributed by atoms with E-state index in [0.29, 0.717) is 0 Å². The van der Waals surface area contributed by atoms with E-state index in [9.17, 15) is 4.79 Å². The largest absolute Gasteiger partial charge is 0.459 e. The number of carbonyl (C=O) groups excluding carboxylic acids is 1. The number of hydrogen-bond acceptors (Lipinski definition) is 3. The lowest BCUT2D eigenvalue weighted by molar-refractivity contribution is 0.0927. The van der Waals surface area contributed by atoms with Gasteiger partial charge in [0.25, 0.3) is 0 Å². The molecule has 0 fully saturated rings. The zero-order valence-electron chi connectivity index (χ0n) is 11.7. The van der Waals surface area contributed by atoms with Crippen LogP contribution in [0.5, 0.6) is 0 Å². The zero-order valence-corrected chi connectivity index (χ0v) is 11.7. The fraction of sp³-hybridized carbons (Fsp3) is 0.250.